The van der Waals surface area contributed by atoms with Crippen LogP contribution >= 0.6 is 23.6 Å². The van der Waals surface area contributed by atoms with Crippen molar-refractivity contribution in [2.24, 2.45) is 0 Å². The Bertz CT molecular complexity index is 668. The van der Waals surface area contributed by atoms with Crippen molar-refractivity contribution >= 4 is 40.3 Å². The Morgan fingerprint density at radius 3 is 2.70 bits per heavy atom. The van der Waals surface area contributed by atoms with Crippen LogP contribution < -0.4 is 10.6 Å². The summed E-state index contributed by atoms with van der Waals surface area (Å²) in [6, 6.07) is 7.95. The van der Waals surface area contributed by atoms with Gasteiger partial charge in [0.15, 0.2) is 5.11 Å². The summed E-state index contributed by atoms with van der Waals surface area (Å²) in [5.74, 6) is -0.210. The second-order valence-corrected chi connectivity index (χ2v) is 6.36. The van der Waals surface area contributed by atoms with E-state index in [0.717, 1.165) is 22.0 Å². The van der Waals surface area contributed by atoms with Crippen LogP contribution in [-0.2, 0) is 9.53 Å². The van der Waals surface area contributed by atoms with Crippen molar-refractivity contribution in [2.75, 3.05) is 19.0 Å². The van der Waals surface area contributed by atoms with Crippen LogP contribution in [0.5, 0.6) is 0 Å². The van der Waals surface area contributed by atoms with E-state index in [0.29, 0.717) is 24.5 Å². The highest BCUT2D eigenvalue weighted by Gasteiger charge is 2.03. The molecule has 0 bridgehead atoms. The highest BCUT2D eigenvalue weighted by atomic mass is 32.1. The summed E-state index contributed by atoms with van der Waals surface area (Å²) in [4.78, 5) is 15.5. The second kappa shape index (κ2) is 8.59. The summed E-state index contributed by atoms with van der Waals surface area (Å²) >= 11 is 6.86. The zero-order valence-electron chi connectivity index (χ0n) is 13.1. The highest BCUT2D eigenvalue weighted by Crippen LogP contribution is 2.22. The predicted octanol–water partition coefficient (Wildman–Crippen LogP) is 3.36. The number of aryl methyl sites for hydroxylation is 1. The van der Waals surface area contributed by atoms with Crippen molar-refractivity contribution in [2.45, 2.75) is 19.8 Å². The van der Waals surface area contributed by atoms with Gasteiger partial charge in [-0.1, -0.05) is 12.1 Å². The molecule has 0 amide bonds. The summed E-state index contributed by atoms with van der Waals surface area (Å²) in [6.07, 6.45) is 1.06. The molecular formula is C16H19N3O2S2. The molecule has 0 saturated carbocycles. The summed E-state index contributed by atoms with van der Waals surface area (Å²) in [5, 5.41) is 9.81. The number of thiocarbonyl (C=S) groups is 1. The topological polar surface area (TPSA) is 63.2 Å². The van der Waals surface area contributed by atoms with Gasteiger partial charge in [0.25, 0.3) is 0 Å². The molecule has 0 aliphatic carbocycles. The fourth-order valence-corrected chi connectivity index (χ4v) is 2.77. The SMILES string of the molecule is COC(=O)CCCNC(=S)Nc1ccc(-c2csc(C)n2)cc1. The molecule has 0 unspecified atom stereocenters. The predicted molar refractivity (Wildman–Crippen MR) is 97.8 cm³/mol. The molecule has 0 fully saturated rings. The number of benzene rings is 1. The van der Waals surface area contributed by atoms with Crippen LogP contribution in [0.3, 0.4) is 0 Å². The van der Waals surface area contributed by atoms with Gasteiger partial charge in [0.05, 0.1) is 17.8 Å². The molecule has 23 heavy (non-hydrogen) atoms. The van der Waals surface area contributed by atoms with E-state index in [4.69, 9.17) is 12.2 Å². The first-order valence-corrected chi connectivity index (χ1v) is 8.51. The molecule has 0 atom stereocenters. The molecule has 2 N–H and O–H groups in total. The molecular weight excluding hydrogens is 330 g/mol. The standard InChI is InChI=1S/C16H19N3O2S2/c1-11-18-14(10-23-11)12-5-7-13(8-6-12)19-16(22)17-9-3-4-15(20)21-2/h5-8,10H,3-4,9H2,1-2H3,(H2,17,19,22). The third-order valence-corrected chi connectivity index (χ3v) is 4.15. The minimum absolute atomic E-state index is 0.210. The lowest BCUT2D eigenvalue weighted by Crippen LogP contribution is -2.29. The Morgan fingerprint density at radius 2 is 2.09 bits per heavy atom. The van der Waals surface area contributed by atoms with Crippen molar-refractivity contribution in [1.29, 1.82) is 0 Å². The average Bonchev–Trinajstić information content (AvgIpc) is 2.98. The number of rotatable bonds is 6. The molecule has 0 saturated heterocycles. The van der Waals surface area contributed by atoms with E-state index in [9.17, 15) is 4.79 Å². The van der Waals surface area contributed by atoms with E-state index in [1.54, 1.807) is 11.3 Å². The fourth-order valence-electron chi connectivity index (χ4n) is 1.93. The number of esters is 1. The van der Waals surface area contributed by atoms with Crippen LogP contribution in [0, 0.1) is 6.92 Å². The number of ether oxygens (including phenoxy) is 1. The Morgan fingerprint density at radius 1 is 1.35 bits per heavy atom. The van der Waals surface area contributed by atoms with Crippen molar-refractivity contribution in [3.63, 3.8) is 0 Å². The smallest absolute Gasteiger partial charge is 0.305 e. The Balaban J connectivity index is 1.79. The number of carbonyl (C=O) groups excluding carboxylic acids is 1. The maximum Gasteiger partial charge on any atom is 0.305 e. The summed E-state index contributed by atoms with van der Waals surface area (Å²) in [5.41, 5.74) is 2.98. The van der Waals surface area contributed by atoms with Crippen molar-refractivity contribution in [3.05, 3.63) is 34.7 Å². The second-order valence-electron chi connectivity index (χ2n) is 4.89. The minimum Gasteiger partial charge on any atom is -0.469 e. The van der Waals surface area contributed by atoms with Crippen molar-refractivity contribution < 1.29 is 9.53 Å². The van der Waals surface area contributed by atoms with Gasteiger partial charge >= 0.3 is 5.97 Å². The van der Waals surface area contributed by atoms with Gasteiger partial charge in [-0.15, -0.1) is 11.3 Å². The van der Waals surface area contributed by atoms with E-state index in [2.05, 4.69) is 20.4 Å². The van der Waals surface area contributed by atoms with Gasteiger partial charge in [-0.05, 0) is 37.7 Å². The number of aromatic nitrogens is 1. The lowest BCUT2D eigenvalue weighted by molar-refractivity contribution is -0.140. The number of nitrogens with zero attached hydrogens (tertiary/aromatic N) is 1. The van der Waals surface area contributed by atoms with Crippen molar-refractivity contribution in [1.82, 2.24) is 10.3 Å². The summed E-state index contributed by atoms with van der Waals surface area (Å²) in [6.45, 7) is 2.62. The van der Waals surface area contributed by atoms with Crippen LogP contribution in [0.15, 0.2) is 29.6 Å². The van der Waals surface area contributed by atoms with E-state index in [-0.39, 0.29) is 5.97 Å². The lowest BCUT2D eigenvalue weighted by Gasteiger charge is -2.10. The van der Waals surface area contributed by atoms with Crippen LogP contribution in [0.25, 0.3) is 11.3 Å². The Kier molecular flexibility index (Phi) is 6.49. The zero-order valence-corrected chi connectivity index (χ0v) is 14.7. The summed E-state index contributed by atoms with van der Waals surface area (Å²) in [7, 11) is 1.39. The molecule has 1 heterocycles. The van der Waals surface area contributed by atoms with Gasteiger partial charge in [0, 0.05) is 29.6 Å². The lowest BCUT2D eigenvalue weighted by atomic mass is 10.1. The molecule has 122 valence electrons. The molecule has 7 heteroatoms. The Hall–Kier alpha value is -1.99. The maximum atomic E-state index is 11.0. The first-order valence-electron chi connectivity index (χ1n) is 7.22. The molecule has 0 radical (unpaired) electrons. The zero-order chi connectivity index (χ0) is 16.7. The van der Waals surface area contributed by atoms with Gasteiger partial charge in [-0.25, -0.2) is 4.98 Å². The van der Waals surface area contributed by atoms with E-state index < -0.39 is 0 Å². The van der Waals surface area contributed by atoms with E-state index in [1.807, 2.05) is 36.6 Å². The van der Waals surface area contributed by atoms with Gasteiger partial charge in [-0.3, -0.25) is 4.79 Å². The molecule has 5 nitrogen and oxygen atoms in total. The Labute approximate surface area is 145 Å². The number of thiazole rings is 1. The number of nitrogens with one attached hydrogen (secondary N) is 2. The van der Waals surface area contributed by atoms with E-state index in [1.165, 1.54) is 7.11 Å². The number of methoxy groups -OCH3 is 1. The number of hydrogen-bond donors (Lipinski definition) is 2. The highest BCUT2D eigenvalue weighted by molar-refractivity contribution is 7.80. The van der Waals surface area contributed by atoms with Crippen LogP contribution in [0.2, 0.25) is 0 Å². The van der Waals surface area contributed by atoms with Gasteiger partial charge in [0.1, 0.15) is 0 Å². The maximum absolute atomic E-state index is 11.0. The third kappa shape index (κ3) is 5.61. The molecule has 2 rings (SSSR count). The largest absolute Gasteiger partial charge is 0.469 e. The first kappa shape index (κ1) is 17.4. The number of anilines is 1. The van der Waals surface area contributed by atoms with Gasteiger partial charge in [0.2, 0.25) is 0 Å². The van der Waals surface area contributed by atoms with Gasteiger partial charge in [-0.2, -0.15) is 0 Å². The monoisotopic (exact) mass is 349 g/mol. The third-order valence-electron chi connectivity index (χ3n) is 3.13. The number of hydrogen-bond acceptors (Lipinski definition) is 5. The average molecular weight is 349 g/mol. The fraction of sp³-hybridized carbons (Fsp3) is 0.312. The molecule has 0 aliphatic rings. The van der Waals surface area contributed by atoms with Crippen LogP contribution in [-0.4, -0.2) is 29.7 Å². The van der Waals surface area contributed by atoms with Crippen LogP contribution in [0.4, 0.5) is 5.69 Å². The molecule has 0 aliphatic heterocycles. The minimum atomic E-state index is -0.210. The van der Waals surface area contributed by atoms with E-state index >= 15 is 0 Å². The molecule has 2 aromatic rings. The molecule has 1 aromatic heterocycles. The normalized spacial score (nSPS) is 10.2. The number of carbonyl (C=O) groups is 1. The van der Waals surface area contributed by atoms with Crippen LogP contribution in [0.1, 0.15) is 17.8 Å². The van der Waals surface area contributed by atoms with Gasteiger partial charge < -0.3 is 15.4 Å². The molecule has 0 spiro atoms. The molecule has 1 aromatic carbocycles. The summed E-state index contributed by atoms with van der Waals surface area (Å²) < 4.78 is 4.58. The van der Waals surface area contributed by atoms with Crippen molar-refractivity contribution in [3.8, 4) is 11.3 Å². The quantitative estimate of drug-likeness (QED) is 0.474. The first-order chi connectivity index (χ1) is 11.1.